The lowest BCUT2D eigenvalue weighted by atomic mass is 10.2. The zero-order valence-corrected chi connectivity index (χ0v) is 13.8. The lowest BCUT2D eigenvalue weighted by molar-refractivity contribution is 0.172. The van der Waals surface area contributed by atoms with Crippen molar-refractivity contribution in [2.24, 2.45) is 4.99 Å². The average Bonchev–Trinajstić information content (AvgIpc) is 2.57. The fraction of sp³-hybridized carbons (Fsp3) is 0.500. The smallest absolute Gasteiger partial charge is 0.193 e. The number of piperazine rings is 1. The number of nitrogens with one attached hydrogen (secondary N) is 1. The van der Waals surface area contributed by atoms with Crippen LogP contribution in [0.2, 0.25) is 0 Å². The van der Waals surface area contributed by atoms with E-state index in [1.54, 1.807) is 0 Å². The van der Waals surface area contributed by atoms with E-state index in [1.807, 2.05) is 7.05 Å². The van der Waals surface area contributed by atoms with Gasteiger partial charge in [0.25, 0.3) is 0 Å². The topological polar surface area (TPSA) is 30.9 Å². The summed E-state index contributed by atoms with van der Waals surface area (Å²) >= 11 is 0. The van der Waals surface area contributed by atoms with Gasteiger partial charge in [0.2, 0.25) is 0 Å². The molecule has 22 heavy (non-hydrogen) atoms. The highest BCUT2D eigenvalue weighted by molar-refractivity contribution is 5.80. The van der Waals surface area contributed by atoms with E-state index in [9.17, 15) is 0 Å². The van der Waals surface area contributed by atoms with Crippen LogP contribution in [0.25, 0.3) is 0 Å². The number of guanidine groups is 1. The largest absolute Gasteiger partial charge is 0.356 e. The average molecular weight is 300 g/mol. The summed E-state index contributed by atoms with van der Waals surface area (Å²) in [5, 5.41) is 3.44. The predicted octanol–water partition coefficient (Wildman–Crippen LogP) is 2.35. The van der Waals surface area contributed by atoms with Gasteiger partial charge in [0.1, 0.15) is 0 Å². The number of benzene rings is 1. The SMILES string of the molecule is C/C=C/CCNC(=NC)N1CCN(Cc2ccccc2)CC1. The Morgan fingerprint density at radius 3 is 2.55 bits per heavy atom. The first kappa shape index (κ1) is 16.6. The minimum absolute atomic E-state index is 0.946. The minimum Gasteiger partial charge on any atom is -0.356 e. The van der Waals surface area contributed by atoms with Crippen LogP contribution in [0.1, 0.15) is 18.9 Å². The summed E-state index contributed by atoms with van der Waals surface area (Å²) in [5.74, 6) is 1.03. The molecule has 0 radical (unpaired) electrons. The van der Waals surface area contributed by atoms with Crippen LogP contribution >= 0.6 is 0 Å². The molecule has 4 nitrogen and oxygen atoms in total. The first-order chi connectivity index (χ1) is 10.8. The number of nitrogens with zero attached hydrogens (tertiary/aromatic N) is 3. The molecule has 1 saturated heterocycles. The summed E-state index contributed by atoms with van der Waals surface area (Å²) in [6.07, 6.45) is 5.31. The molecular weight excluding hydrogens is 272 g/mol. The van der Waals surface area contributed by atoms with Gasteiger partial charge in [-0.25, -0.2) is 0 Å². The normalized spacial score (nSPS) is 17.2. The fourth-order valence-corrected chi connectivity index (χ4v) is 2.73. The number of hydrogen-bond acceptors (Lipinski definition) is 2. The molecule has 4 heteroatoms. The summed E-state index contributed by atoms with van der Waals surface area (Å²) in [7, 11) is 1.87. The molecule has 0 unspecified atom stereocenters. The van der Waals surface area contributed by atoms with E-state index >= 15 is 0 Å². The molecule has 0 saturated carbocycles. The Balaban J connectivity index is 1.75. The zero-order valence-electron chi connectivity index (χ0n) is 13.8. The van der Waals surface area contributed by atoms with Crippen LogP contribution in [0.4, 0.5) is 0 Å². The van der Waals surface area contributed by atoms with Crippen molar-refractivity contribution >= 4 is 5.96 Å². The van der Waals surface area contributed by atoms with Crippen molar-refractivity contribution in [3.8, 4) is 0 Å². The third-order valence-corrected chi connectivity index (χ3v) is 3.96. The second-order valence-electron chi connectivity index (χ2n) is 5.58. The molecule has 1 aromatic rings. The van der Waals surface area contributed by atoms with E-state index < -0.39 is 0 Å². The van der Waals surface area contributed by atoms with Gasteiger partial charge in [0, 0.05) is 46.3 Å². The molecule has 0 aliphatic carbocycles. The van der Waals surface area contributed by atoms with Gasteiger partial charge in [-0.1, -0.05) is 42.5 Å². The molecule has 1 N–H and O–H groups in total. The molecule has 0 aromatic heterocycles. The van der Waals surface area contributed by atoms with E-state index in [-0.39, 0.29) is 0 Å². The Hall–Kier alpha value is -1.81. The second-order valence-corrected chi connectivity index (χ2v) is 5.58. The van der Waals surface area contributed by atoms with Crippen LogP contribution in [0.3, 0.4) is 0 Å². The maximum absolute atomic E-state index is 4.41. The highest BCUT2D eigenvalue weighted by Crippen LogP contribution is 2.08. The maximum Gasteiger partial charge on any atom is 0.193 e. The van der Waals surface area contributed by atoms with Crippen molar-refractivity contribution in [2.45, 2.75) is 19.9 Å². The number of hydrogen-bond donors (Lipinski definition) is 1. The van der Waals surface area contributed by atoms with Crippen molar-refractivity contribution in [1.82, 2.24) is 15.1 Å². The van der Waals surface area contributed by atoms with Gasteiger partial charge in [0.05, 0.1) is 0 Å². The molecule has 1 aliphatic rings. The van der Waals surface area contributed by atoms with E-state index in [0.717, 1.165) is 51.6 Å². The van der Waals surface area contributed by atoms with E-state index in [4.69, 9.17) is 0 Å². The van der Waals surface area contributed by atoms with Crippen LogP contribution < -0.4 is 5.32 Å². The standard InChI is InChI=1S/C18H28N4/c1-3-4-8-11-20-18(19-2)22-14-12-21(13-15-22)16-17-9-6-5-7-10-17/h3-7,9-10H,8,11-16H2,1-2H3,(H,19,20)/b4-3+. The van der Waals surface area contributed by atoms with Gasteiger partial charge in [0.15, 0.2) is 5.96 Å². The zero-order chi connectivity index (χ0) is 15.6. The lowest BCUT2D eigenvalue weighted by Gasteiger charge is -2.36. The Morgan fingerprint density at radius 1 is 1.18 bits per heavy atom. The molecular formula is C18H28N4. The summed E-state index contributed by atoms with van der Waals surface area (Å²) in [6.45, 7) is 8.30. The van der Waals surface area contributed by atoms with Crippen molar-refractivity contribution in [3.05, 3.63) is 48.0 Å². The Kier molecular flexibility index (Phi) is 6.97. The molecule has 1 aliphatic heterocycles. The monoisotopic (exact) mass is 300 g/mol. The van der Waals surface area contributed by atoms with Gasteiger partial charge in [-0.3, -0.25) is 9.89 Å². The van der Waals surface area contributed by atoms with E-state index in [1.165, 1.54) is 5.56 Å². The van der Waals surface area contributed by atoms with E-state index in [2.05, 4.69) is 69.5 Å². The third kappa shape index (κ3) is 5.19. The molecule has 0 bridgehead atoms. The van der Waals surface area contributed by atoms with Gasteiger partial charge in [-0.15, -0.1) is 0 Å². The summed E-state index contributed by atoms with van der Waals surface area (Å²) in [4.78, 5) is 9.28. The summed E-state index contributed by atoms with van der Waals surface area (Å²) in [5.41, 5.74) is 1.39. The van der Waals surface area contributed by atoms with Crippen LogP contribution in [-0.4, -0.2) is 55.5 Å². The quantitative estimate of drug-likeness (QED) is 0.392. The first-order valence-electron chi connectivity index (χ1n) is 8.16. The van der Waals surface area contributed by atoms with Gasteiger partial charge >= 0.3 is 0 Å². The van der Waals surface area contributed by atoms with Gasteiger partial charge in [-0.05, 0) is 18.9 Å². The minimum atomic E-state index is 0.946. The predicted molar refractivity (Wildman–Crippen MR) is 94.1 cm³/mol. The molecule has 1 heterocycles. The molecule has 0 spiro atoms. The fourth-order valence-electron chi connectivity index (χ4n) is 2.73. The number of allylic oxidation sites excluding steroid dienone is 1. The van der Waals surface area contributed by atoms with Crippen molar-refractivity contribution in [1.29, 1.82) is 0 Å². The Morgan fingerprint density at radius 2 is 1.91 bits per heavy atom. The van der Waals surface area contributed by atoms with Crippen LogP contribution in [-0.2, 0) is 6.54 Å². The highest BCUT2D eigenvalue weighted by atomic mass is 15.3. The van der Waals surface area contributed by atoms with Crippen molar-refractivity contribution < 1.29 is 0 Å². The molecule has 1 fully saturated rings. The molecule has 0 amide bonds. The molecule has 120 valence electrons. The van der Waals surface area contributed by atoms with Crippen molar-refractivity contribution in [2.75, 3.05) is 39.8 Å². The van der Waals surface area contributed by atoms with Crippen LogP contribution in [0.15, 0.2) is 47.5 Å². The lowest BCUT2D eigenvalue weighted by Crippen LogP contribution is -2.52. The highest BCUT2D eigenvalue weighted by Gasteiger charge is 2.19. The number of aliphatic imine (C=N–C) groups is 1. The molecule has 2 rings (SSSR count). The van der Waals surface area contributed by atoms with Crippen molar-refractivity contribution in [3.63, 3.8) is 0 Å². The Bertz CT molecular complexity index is 473. The van der Waals surface area contributed by atoms with Crippen LogP contribution in [0.5, 0.6) is 0 Å². The molecule has 0 atom stereocenters. The molecule has 1 aromatic carbocycles. The summed E-state index contributed by atoms with van der Waals surface area (Å²) in [6, 6.07) is 10.7. The van der Waals surface area contributed by atoms with Gasteiger partial charge < -0.3 is 10.2 Å². The first-order valence-corrected chi connectivity index (χ1v) is 8.16. The van der Waals surface area contributed by atoms with Gasteiger partial charge in [-0.2, -0.15) is 0 Å². The van der Waals surface area contributed by atoms with E-state index in [0.29, 0.717) is 0 Å². The van der Waals surface area contributed by atoms with Crippen LogP contribution in [0, 0.1) is 0 Å². The maximum atomic E-state index is 4.41. The third-order valence-electron chi connectivity index (χ3n) is 3.96. The number of rotatable bonds is 5. The second kappa shape index (κ2) is 9.26. The summed E-state index contributed by atoms with van der Waals surface area (Å²) < 4.78 is 0. The Labute approximate surface area is 134 Å².